The topological polar surface area (TPSA) is 3.24 Å². The second-order valence-electron chi connectivity index (χ2n) is 5.65. The summed E-state index contributed by atoms with van der Waals surface area (Å²) in [5.41, 5.74) is 0.656. The minimum atomic E-state index is 0.656. The molecule has 0 unspecified atom stereocenters. The van der Waals surface area contributed by atoms with Crippen molar-refractivity contribution in [3.8, 4) is 0 Å². The molecule has 3 saturated carbocycles. The summed E-state index contributed by atoms with van der Waals surface area (Å²) in [4.78, 5) is 2.58. The van der Waals surface area contributed by atoms with Gasteiger partial charge >= 0.3 is 0 Å². The lowest BCUT2D eigenvalue weighted by molar-refractivity contribution is 0.0487. The zero-order valence-corrected chi connectivity index (χ0v) is 8.92. The van der Waals surface area contributed by atoms with Crippen LogP contribution < -0.4 is 0 Å². The van der Waals surface area contributed by atoms with Crippen LogP contribution in [0.25, 0.3) is 0 Å². The highest BCUT2D eigenvalue weighted by atomic mass is 15.2. The lowest BCUT2D eigenvalue weighted by Crippen LogP contribution is -2.51. The van der Waals surface area contributed by atoms with Gasteiger partial charge in [-0.15, -0.1) is 0 Å². The Morgan fingerprint density at radius 2 is 2.00 bits per heavy atom. The van der Waals surface area contributed by atoms with Crippen molar-refractivity contribution in [1.82, 2.24) is 4.90 Å². The normalized spacial score (nSPS) is 53.3. The summed E-state index contributed by atoms with van der Waals surface area (Å²) in [6.45, 7) is 0. The second kappa shape index (κ2) is 2.50. The summed E-state index contributed by atoms with van der Waals surface area (Å²) in [6, 6.07) is 0. The lowest BCUT2D eigenvalue weighted by Gasteiger charge is -2.45. The Labute approximate surface area is 81.5 Å². The zero-order chi connectivity index (χ0) is 9.05. The first-order chi connectivity index (χ1) is 6.25. The molecular weight excluding hydrogens is 158 g/mol. The van der Waals surface area contributed by atoms with Crippen molar-refractivity contribution in [2.24, 2.45) is 17.8 Å². The van der Waals surface area contributed by atoms with Crippen LogP contribution >= 0.6 is 0 Å². The van der Waals surface area contributed by atoms with Crippen molar-refractivity contribution >= 4 is 0 Å². The molecule has 0 N–H and O–H groups in total. The van der Waals surface area contributed by atoms with Gasteiger partial charge in [-0.3, -0.25) is 0 Å². The van der Waals surface area contributed by atoms with Crippen LogP contribution in [0.5, 0.6) is 0 Å². The Morgan fingerprint density at radius 3 is 2.69 bits per heavy atom. The highest BCUT2D eigenvalue weighted by Gasteiger charge is 2.60. The van der Waals surface area contributed by atoms with Gasteiger partial charge < -0.3 is 4.90 Å². The number of hydrogen-bond acceptors (Lipinski definition) is 1. The van der Waals surface area contributed by atoms with Gasteiger partial charge in [0, 0.05) is 5.54 Å². The average molecular weight is 179 g/mol. The van der Waals surface area contributed by atoms with Gasteiger partial charge in [0.1, 0.15) is 0 Å². The molecule has 0 saturated heterocycles. The van der Waals surface area contributed by atoms with Crippen LogP contribution in [0.1, 0.15) is 38.5 Å². The van der Waals surface area contributed by atoms with Crippen molar-refractivity contribution < 1.29 is 0 Å². The second-order valence-corrected chi connectivity index (χ2v) is 5.65. The summed E-state index contributed by atoms with van der Waals surface area (Å²) < 4.78 is 0. The fourth-order valence-electron chi connectivity index (χ4n) is 4.95. The summed E-state index contributed by atoms with van der Waals surface area (Å²) in [5.74, 6) is 3.23. The maximum Gasteiger partial charge on any atom is 0.0262 e. The molecule has 2 bridgehead atoms. The largest absolute Gasteiger partial charge is 0.303 e. The van der Waals surface area contributed by atoms with Gasteiger partial charge in [-0.1, -0.05) is 6.42 Å². The Hall–Kier alpha value is -0.0400. The van der Waals surface area contributed by atoms with E-state index in [1.54, 1.807) is 12.8 Å². The van der Waals surface area contributed by atoms with E-state index in [-0.39, 0.29) is 0 Å². The fourth-order valence-corrected chi connectivity index (χ4v) is 4.95. The van der Waals surface area contributed by atoms with E-state index in [0.29, 0.717) is 5.54 Å². The number of nitrogens with zero attached hydrogens (tertiary/aromatic N) is 1. The van der Waals surface area contributed by atoms with E-state index in [1.807, 2.05) is 0 Å². The summed E-state index contributed by atoms with van der Waals surface area (Å²) in [5, 5.41) is 0. The minimum Gasteiger partial charge on any atom is -0.303 e. The molecule has 3 fully saturated rings. The maximum atomic E-state index is 2.58. The van der Waals surface area contributed by atoms with Gasteiger partial charge in [0.05, 0.1) is 0 Å². The average Bonchev–Trinajstić information content (AvgIpc) is 2.76. The molecular formula is C12H21N. The van der Waals surface area contributed by atoms with Crippen LogP contribution in [0.4, 0.5) is 0 Å². The molecule has 0 spiro atoms. The van der Waals surface area contributed by atoms with E-state index in [1.165, 1.54) is 25.7 Å². The molecule has 0 aliphatic heterocycles. The van der Waals surface area contributed by atoms with Gasteiger partial charge in [0.25, 0.3) is 0 Å². The van der Waals surface area contributed by atoms with Crippen LogP contribution in [0, 0.1) is 17.8 Å². The smallest absolute Gasteiger partial charge is 0.0262 e. The van der Waals surface area contributed by atoms with Crippen molar-refractivity contribution in [2.75, 3.05) is 14.1 Å². The maximum absolute atomic E-state index is 2.58. The van der Waals surface area contributed by atoms with Gasteiger partial charge in [0.2, 0.25) is 0 Å². The van der Waals surface area contributed by atoms with Crippen LogP contribution in [0.15, 0.2) is 0 Å². The van der Waals surface area contributed by atoms with Crippen molar-refractivity contribution in [3.63, 3.8) is 0 Å². The van der Waals surface area contributed by atoms with E-state index >= 15 is 0 Å². The van der Waals surface area contributed by atoms with Crippen molar-refractivity contribution in [2.45, 2.75) is 44.1 Å². The highest BCUT2D eigenvalue weighted by Crippen LogP contribution is 2.62. The number of rotatable bonds is 1. The van der Waals surface area contributed by atoms with Crippen LogP contribution in [0.3, 0.4) is 0 Å². The molecule has 0 radical (unpaired) electrons. The van der Waals surface area contributed by atoms with E-state index in [4.69, 9.17) is 0 Å². The molecule has 0 amide bonds. The van der Waals surface area contributed by atoms with Gasteiger partial charge in [0.15, 0.2) is 0 Å². The molecule has 0 aromatic carbocycles. The standard InChI is InChI=1S/C12H21N/c1-13(2)12-7-3-4-11(12)9-5-6-10(12)8-9/h9-11H,3-8H2,1-2H3/t9-,10+,11+,12+/m0/s1. The van der Waals surface area contributed by atoms with Gasteiger partial charge in [-0.2, -0.15) is 0 Å². The molecule has 1 heteroatoms. The lowest BCUT2D eigenvalue weighted by atomic mass is 9.74. The van der Waals surface area contributed by atoms with Crippen molar-refractivity contribution in [1.29, 1.82) is 0 Å². The minimum absolute atomic E-state index is 0.656. The first-order valence-electron chi connectivity index (χ1n) is 5.92. The molecule has 13 heavy (non-hydrogen) atoms. The molecule has 0 aromatic rings. The monoisotopic (exact) mass is 179 g/mol. The first kappa shape index (κ1) is 8.28. The van der Waals surface area contributed by atoms with E-state index in [0.717, 1.165) is 17.8 Å². The predicted molar refractivity (Wildman–Crippen MR) is 54.6 cm³/mol. The van der Waals surface area contributed by atoms with E-state index in [2.05, 4.69) is 19.0 Å². The van der Waals surface area contributed by atoms with Crippen LogP contribution in [-0.2, 0) is 0 Å². The molecule has 3 rings (SSSR count). The third kappa shape index (κ3) is 0.823. The SMILES string of the molecule is CN(C)[C@@]12CCC[C@@H]1[C@H]1CC[C@@H]2C1. The summed E-state index contributed by atoms with van der Waals surface area (Å²) in [6.07, 6.45) is 9.15. The number of fused-ring (bicyclic) bond motifs is 5. The molecule has 4 atom stereocenters. The van der Waals surface area contributed by atoms with Crippen molar-refractivity contribution in [3.05, 3.63) is 0 Å². The quantitative estimate of drug-likeness (QED) is 0.598. The highest BCUT2D eigenvalue weighted by molar-refractivity contribution is 5.14. The molecule has 0 aromatic heterocycles. The predicted octanol–water partition coefficient (Wildman–Crippen LogP) is 2.52. The van der Waals surface area contributed by atoms with Crippen LogP contribution in [-0.4, -0.2) is 24.5 Å². The van der Waals surface area contributed by atoms with E-state index < -0.39 is 0 Å². The zero-order valence-electron chi connectivity index (χ0n) is 8.92. The Balaban J connectivity index is 1.99. The molecule has 1 nitrogen and oxygen atoms in total. The van der Waals surface area contributed by atoms with E-state index in [9.17, 15) is 0 Å². The van der Waals surface area contributed by atoms with Gasteiger partial charge in [-0.05, 0) is 64.0 Å². The summed E-state index contributed by atoms with van der Waals surface area (Å²) in [7, 11) is 4.64. The number of hydrogen-bond donors (Lipinski definition) is 0. The molecule has 0 heterocycles. The third-order valence-electron chi connectivity index (χ3n) is 5.32. The summed E-state index contributed by atoms with van der Waals surface area (Å²) >= 11 is 0. The Kier molecular flexibility index (Phi) is 1.59. The van der Waals surface area contributed by atoms with Crippen LogP contribution in [0.2, 0.25) is 0 Å². The third-order valence-corrected chi connectivity index (χ3v) is 5.32. The Bertz CT molecular complexity index is 223. The first-order valence-corrected chi connectivity index (χ1v) is 5.92. The molecule has 3 aliphatic carbocycles. The Morgan fingerprint density at radius 1 is 1.15 bits per heavy atom. The fraction of sp³-hybridized carbons (Fsp3) is 1.00. The molecule has 74 valence electrons. The van der Waals surface area contributed by atoms with Gasteiger partial charge in [-0.25, -0.2) is 0 Å². The molecule has 3 aliphatic rings.